The van der Waals surface area contributed by atoms with Crippen molar-refractivity contribution in [1.82, 2.24) is 0 Å². The van der Waals surface area contributed by atoms with Gasteiger partial charge in [-0.2, -0.15) is 0 Å². The molecule has 4 aromatic carbocycles. The van der Waals surface area contributed by atoms with Crippen LogP contribution in [0.3, 0.4) is 0 Å². The summed E-state index contributed by atoms with van der Waals surface area (Å²) in [5.74, 6) is 2.79. The smallest absolute Gasteiger partial charge is 0.308 e. The molecule has 0 bridgehead atoms. The summed E-state index contributed by atoms with van der Waals surface area (Å²) in [5, 5.41) is 0. The lowest BCUT2D eigenvalue weighted by atomic mass is 9.91. The SMILES string of the molecule is CC(=O)Oc1ccc(-c2ccc(OC(C)COc3ccc(C(C)c4ccc(C(C)C)cc4)cc3)c(C)c2)cc1C. The molecule has 2 atom stereocenters. The van der Waals surface area contributed by atoms with E-state index in [4.69, 9.17) is 14.2 Å². The Morgan fingerprint density at radius 2 is 1.18 bits per heavy atom. The molecule has 4 heteroatoms. The number of hydrogen-bond acceptors (Lipinski definition) is 4. The molecule has 0 amide bonds. The highest BCUT2D eigenvalue weighted by molar-refractivity contribution is 5.72. The molecule has 2 unspecified atom stereocenters. The van der Waals surface area contributed by atoms with E-state index in [9.17, 15) is 4.79 Å². The predicted molar refractivity (Wildman–Crippen MR) is 163 cm³/mol. The molecule has 4 rings (SSSR count). The molecular formula is C36H40O4. The molecule has 0 aromatic heterocycles. The van der Waals surface area contributed by atoms with Crippen molar-refractivity contribution in [2.24, 2.45) is 0 Å². The van der Waals surface area contributed by atoms with Crippen LogP contribution in [0, 0.1) is 13.8 Å². The quantitative estimate of drug-likeness (QED) is 0.150. The highest BCUT2D eigenvalue weighted by Crippen LogP contribution is 2.31. The lowest BCUT2D eigenvalue weighted by molar-refractivity contribution is -0.131. The third-order valence-electron chi connectivity index (χ3n) is 7.23. The van der Waals surface area contributed by atoms with Crippen LogP contribution in [-0.2, 0) is 4.79 Å². The van der Waals surface area contributed by atoms with E-state index in [-0.39, 0.29) is 12.1 Å². The van der Waals surface area contributed by atoms with Gasteiger partial charge in [-0.25, -0.2) is 0 Å². The minimum Gasteiger partial charge on any atom is -0.490 e. The number of esters is 1. The second kappa shape index (κ2) is 12.9. The van der Waals surface area contributed by atoms with Crippen molar-refractivity contribution in [2.45, 2.75) is 66.4 Å². The van der Waals surface area contributed by atoms with E-state index in [0.717, 1.165) is 33.8 Å². The summed E-state index contributed by atoms with van der Waals surface area (Å²) in [5.41, 5.74) is 8.05. The fraction of sp³-hybridized carbons (Fsp3) is 0.306. The summed E-state index contributed by atoms with van der Waals surface area (Å²) < 4.78 is 17.5. The predicted octanol–water partition coefficient (Wildman–Crippen LogP) is 9.02. The molecule has 0 spiro atoms. The van der Waals surface area contributed by atoms with E-state index in [0.29, 0.717) is 24.2 Å². The normalized spacial score (nSPS) is 12.6. The van der Waals surface area contributed by atoms with Gasteiger partial charge >= 0.3 is 5.97 Å². The van der Waals surface area contributed by atoms with Crippen LogP contribution in [-0.4, -0.2) is 18.7 Å². The molecule has 0 radical (unpaired) electrons. The molecule has 0 heterocycles. The second-order valence-electron chi connectivity index (χ2n) is 10.9. The Labute approximate surface area is 238 Å². The zero-order valence-corrected chi connectivity index (χ0v) is 24.7. The minimum absolute atomic E-state index is 0.118. The summed E-state index contributed by atoms with van der Waals surface area (Å²) in [6.45, 7) is 14.5. The van der Waals surface area contributed by atoms with Gasteiger partial charge in [0.1, 0.15) is 30.0 Å². The Kier molecular flexibility index (Phi) is 9.31. The van der Waals surface area contributed by atoms with E-state index < -0.39 is 0 Å². The Bertz CT molecular complexity index is 1440. The van der Waals surface area contributed by atoms with Gasteiger partial charge in [0.05, 0.1) is 0 Å². The number of rotatable bonds is 10. The molecule has 0 fully saturated rings. The zero-order valence-electron chi connectivity index (χ0n) is 24.7. The molecule has 0 saturated carbocycles. The number of ether oxygens (including phenoxy) is 3. The van der Waals surface area contributed by atoms with Gasteiger partial charge in [0, 0.05) is 12.8 Å². The summed E-state index contributed by atoms with van der Waals surface area (Å²) in [4.78, 5) is 11.3. The van der Waals surface area contributed by atoms with Gasteiger partial charge in [0.2, 0.25) is 0 Å². The number of hydrogen-bond donors (Lipinski definition) is 0. The van der Waals surface area contributed by atoms with Crippen molar-refractivity contribution in [3.63, 3.8) is 0 Å². The summed E-state index contributed by atoms with van der Waals surface area (Å²) in [6.07, 6.45) is -0.118. The van der Waals surface area contributed by atoms with Gasteiger partial charge in [-0.1, -0.05) is 69.3 Å². The standard InChI is InChI=1S/C36H40O4/c1-23(2)29-8-10-30(11-9-29)27(6)31-12-16-34(17-13-31)38-22-26(5)39-35-18-14-32(20-24(35)3)33-15-19-36(25(4)21-33)40-28(7)37/h8-21,23,26-27H,22H2,1-7H3. The largest absolute Gasteiger partial charge is 0.490 e. The third-order valence-corrected chi connectivity index (χ3v) is 7.23. The molecular weight excluding hydrogens is 496 g/mol. The van der Waals surface area contributed by atoms with Crippen molar-refractivity contribution in [3.8, 4) is 28.4 Å². The molecule has 0 N–H and O–H groups in total. The van der Waals surface area contributed by atoms with Gasteiger partial charge in [0.25, 0.3) is 0 Å². The van der Waals surface area contributed by atoms with Crippen LogP contribution in [0.1, 0.15) is 74.3 Å². The van der Waals surface area contributed by atoms with E-state index in [1.807, 2.05) is 63.2 Å². The zero-order chi connectivity index (χ0) is 28.8. The lowest BCUT2D eigenvalue weighted by Crippen LogP contribution is -2.21. The van der Waals surface area contributed by atoms with Gasteiger partial charge in [0.15, 0.2) is 0 Å². The maximum atomic E-state index is 11.3. The molecule has 208 valence electrons. The first-order valence-electron chi connectivity index (χ1n) is 14.0. The van der Waals surface area contributed by atoms with Crippen molar-refractivity contribution >= 4 is 5.97 Å². The van der Waals surface area contributed by atoms with Crippen LogP contribution >= 0.6 is 0 Å². The van der Waals surface area contributed by atoms with E-state index in [1.165, 1.54) is 23.6 Å². The number of carbonyl (C=O) groups excluding carboxylic acids is 1. The van der Waals surface area contributed by atoms with Crippen molar-refractivity contribution in [2.75, 3.05) is 6.61 Å². The van der Waals surface area contributed by atoms with Crippen LogP contribution in [0.15, 0.2) is 84.9 Å². The lowest BCUT2D eigenvalue weighted by Gasteiger charge is -2.18. The average Bonchev–Trinajstić information content (AvgIpc) is 2.94. The van der Waals surface area contributed by atoms with Crippen LogP contribution in [0.4, 0.5) is 0 Å². The highest BCUT2D eigenvalue weighted by Gasteiger charge is 2.12. The number of carbonyl (C=O) groups is 1. The Hall–Kier alpha value is -4.05. The second-order valence-corrected chi connectivity index (χ2v) is 10.9. The number of aryl methyl sites for hydroxylation is 2. The molecule has 40 heavy (non-hydrogen) atoms. The Balaban J connectivity index is 1.32. The van der Waals surface area contributed by atoms with Crippen LogP contribution in [0.2, 0.25) is 0 Å². The topological polar surface area (TPSA) is 44.8 Å². The summed E-state index contributed by atoms with van der Waals surface area (Å²) in [7, 11) is 0. The van der Waals surface area contributed by atoms with Crippen LogP contribution < -0.4 is 14.2 Å². The maximum absolute atomic E-state index is 11.3. The van der Waals surface area contributed by atoms with E-state index in [2.05, 4.69) is 63.2 Å². The summed E-state index contributed by atoms with van der Waals surface area (Å²) >= 11 is 0. The fourth-order valence-corrected chi connectivity index (χ4v) is 4.74. The maximum Gasteiger partial charge on any atom is 0.308 e. The monoisotopic (exact) mass is 536 g/mol. The van der Waals surface area contributed by atoms with Gasteiger partial charge in [-0.15, -0.1) is 0 Å². The van der Waals surface area contributed by atoms with Gasteiger partial charge < -0.3 is 14.2 Å². The Morgan fingerprint density at radius 1 is 0.675 bits per heavy atom. The Morgan fingerprint density at radius 3 is 1.68 bits per heavy atom. The first-order valence-corrected chi connectivity index (χ1v) is 14.0. The molecule has 4 aromatic rings. The van der Waals surface area contributed by atoms with Crippen molar-refractivity contribution < 1.29 is 19.0 Å². The van der Waals surface area contributed by atoms with E-state index >= 15 is 0 Å². The number of benzene rings is 4. The average molecular weight is 537 g/mol. The highest BCUT2D eigenvalue weighted by atomic mass is 16.5. The minimum atomic E-state index is -0.318. The van der Waals surface area contributed by atoms with E-state index in [1.54, 1.807) is 0 Å². The van der Waals surface area contributed by atoms with Crippen molar-refractivity contribution in [3.05, 3.63) is 113 Å². The molecule has 0 saturated heterocycles. The third kappa shape index (κ3) is 7.32. The first-order chi connectivity index (χ1) is 19.1. The molecule has 0 aliphatic heterocycles. The fourth-order valence-electron chi connectivity index (χ4n) is 4.74. The molecule has 0 aliphatic rings. The van der Waals surface area contributed by atoms with Crippen LogP contribution in [0.5, 0.6) is 17.2 Å². The van der Waals surface area contributed by atoms with Gasteiger partial charge in [-0.3, -0.25) is 4.79 Å². The van der Waals surface area contributed by atoms with Crippen LogP contribution in [0.25, 0.3) is 11.1 Å². The molecule has 0 aliphatic carbocycles. The van der Waals surface area contributed by atoms with Crippen molar-refractivity contribution in [1.29, 1.82) is 0 Å². The first kappa shape index (κ1) is 28.9. The van der Waals surface area contributed by atoms with Gasteiger partial charge in [-0.05, 0) is 102 Å². The molecule has 4 nitrogen and oxygen atoms in total. The summed E-state index contributed by atoms with van der Waals surface area (Å²) in [6, 6.07) is 29.3.